The number of cyclic esters (lactones) is 1. The van der Waals surface area contributed by atoms with Crippen molar-refractivity contribution in [1.82, 2.24) is 20.2 Å². The van der Waals surface area contributed by atoms with E-state index in [2.05, 4.69) is 22.1 Å². The number of carbonyl (C=O) groups excluding carboxylic acids is 4. The summed E-state index contributed by atoms with van der Waals surface area (Å²) in [5, 5.41) is 12.7. The number of morpholine rings is 1. The Kier molecular flexibility index (Phi) is 13.1. The number of fused-ring (bicyclic) bond motifs is 4. The number of para-hydroxylation sites is 2. The zero-order valence-corrected chi connectivity index (χ0v) is 38.8. The lowest BCUT2D eigenvalue weighted by Gasteiger charge is -2.46. The zero-order chi connectivity index (χ0) is 49.1. The number of aromatic nitrogens is 2. The van der Waals surface area contributed by atoms with Crippen molar-refractivity contribution in [2.24, 2.45) is 5.92 Å². The number of imidazole rings is 1. The number of hydrogen-bond donors (Lipinski definition) is 3. The molecule has 1 aromatic heterocycles. The van der Waals surface area contributed by atoms with E-state index in [-0.39, 0.29) is 44.2 Å². The summed E-state index contributed by atoms with van der Waals surface area (Å²) in [6.07, 6.45) is -1.93. The molecule has 15 heteroatoms. The summed E-state index contributed by atoms with van der Waals surface area (Å²) in [5.41, 5.74) is 2.89. The van der Waals surface area contributed by atoms with E-state index in [1.165, 1.54) is 7.11 Å². The molecule has 358 valence electrons. The Labute approximate surface area is 409 Å². The van der Waals surface area contributed by atoms with E-state index in [4.69, 9.17) is 28.7 Å². The molecule has 3 amide bonds. The third-order valence-corrected chi connectivity index (χ3v) is 13.3. The van der Waals surface area contributed by atoms with Crippen LogP contribution in [0.2, 0.25) is 0 Å². The molecular formula is C56H49N5O10. The maximum absolute atomic E-state index is 16.5. The third kappa shape index (κ3) is 8.52. The Bertz CT molecular complexity index is 3120. The topological polar surface area (TPSA) is 182 Å². The van der Waals surface area contributed by atoms with Gasteiger partial charge in [-0.05, 0) is 89.0 Å². The highest BCUT2D eigenvalue weighted by atomic mass is 16.6. The summed E-state index contributed by atoms with van der Waals surface area (Å²) in [6.45, 7) is -0.423. The van der Waals surface area contributed by atoms with E-state index in [1.54, 1.807) is 61.7 Å². The van der Waals surface area contributed by atoms with Gasteiger partial charge in [-0.1, -0.05) is 96.8 Å². The summed E-state index contributed by atoms with van der Waals surface area (Å²) >= 11 is 0. The van der Waals surface area contributed by atoms with E-state index in [9.17, 15) is 9.90 Å². The van der Waals surface area contributed by atoms with Gasteiger partial charge in [0.1, 0.15) is 48.1 Å². The highest BCUT2D eigenvalue weighted by Gasteiger charge is 2.75. The average molecular weight is 952 g/mol. The van der Waals surface area contributed by atoms with E-state index in [0.29, 0.717) is 45.1 Å². The molecule has 0 saturated carbocycles. The lowest BCUT2D eigenvalue weighted by molar-refractivity contribution is -0.178. The predicted octanol–water partition coefficient (Wildman–Crippen LogP) is 7.11. The SMILES string of the molecule is COCCOC(=O)N1C(=O)[C@@]2(c3cc(C#Cc4ccc(OC)cc4)ccc31)[C@H](c1ccc(OCCO)cc1)N1[C@H](c3ccccc3)[C@H](c3ccccc3)OC(=O)[C@H]1[C@@H]2C(=O)NCc1nc2ccccc2[nH]1. The van der Waals surface area contributed by atoms with Crippen LogP contribution in [-0.4, -0.2) is 90.5 Å². The highest BCUT2D eigenvalue weighted by molar-refractivity contribution is 6.23. The van der Waals surface area contributed by atoms with Crippen LogP contribution < -0.4 is 19.7 Å². The Balaban J connectivity index is 1.24. The van der Waals surface area contributed by atoms with Crippen molar-refractivity contribution < 1.29 is 48.0 Å². The number of rotatable bonds is 13. The van der Waals surface area contributed by atoms with Crippen LogP contribution >= 0.6 is 0 Å². The van der Waals surface area contributed by atoms with Gasteiger partial charge in [0.05, 0.1) is 61.6 Å². The Morgan fingerprint density at radius 3 is 2.14 bits per heavy atom. The second kappa shape index (κ2) is 20.0. The summed E-state index contributed by atoms with van der Waals surface area (Å²) in [4.78, 5) is 73.2. The third-order valence-electron chi connectivity index (χ3n) is 13.3. The fourth-order valence-electron chi connectivity index (χ4n) is 10.3. The fourth-order valence-corrected chi connectivity index (χ4v) is 10.3. The van der Waals surface area contributed by atoms with Gasteiger partial charge >= 0.3 is 12.1 Å². The molecule has 0 radical (unpaired) electrons. The number of anilines is 1. The fraction of sp³-hybridized carbons (Fsp3) is 0.232. The van der Waals surface area contributed by atoms with Crippen molar-refractivity contribution in [2.75, 3.05) is 45.5 Å². The number of hydrogen-bond acceptors (Lipinski definition) is 12. The van der Waals surface area contributed by atoms with Crippen LogP contribution in [0.5, 0.6) is 11.5 Å². The molecule has 3 N–H and O–H groups in total. The number of nitrogens with zero attached hydrogens (tertiary/aromatic N) is 3. The van der Waals surface area contributed by atoms with Crippen molar-refractivity contribution in [2.45, 2.75) is 36.2 Å². The first-order valence-corrected chi connectivity index (χ1v) is 23.2. The molecule has 1 spiro atoms. The van der Waals surface area contributed by atoms with Gasteiger partial charge in [-0.2, -0.15) is 0 Å². The van der Waals surface area contributed by atoms with E-state index in [0.717, 1.165) is 16.0 Å². The van der Waals surface area contributed by atoms with Gasteiger partial charge in [-0.15, -0.1) is 0 Å². The van der Waals surface area contributed by atoms with Gasteiger partial charge in [0.25, 0.3) is 0 Å². The minimum atomic E-state index is -2.07. The number of imide groups is 1. The van der Waals surface area contributed by atoms with Gasteiger partial charge in [0.15, 0.2) is 0 Å². The van der Waals surface area contributed by atoms with Crippen molar-refractivity contribution in [3.8, 4) is 23.3 Å². The van der Waals surface area contributed by atoms with Crippen LogP contribution in [0, 0.1) is 17.8 Å². The number of benzene rings is 6. The van der Waals surface area contributed by atoms with E-state index < -0.39 is 59.4 Å². The van der Waals surface area contributed by atoms with E-state index in [1.807, 2.05) is 102 Å². The number of H-pyrrole nitrogens is 1. The van der Waals surface area contributed by atoms with Crippen LogP contribution in [0.4, 0.5) is 10.5 Å². The predicted molar refractivity (Wildman–Crippen MR) is 261 cm³/mol. The first-order valence-electron chi connectivity index (χ1n) is 23.2. The highest BCUT2D eigenvalue weighted by Crippen LogP contribution is 2.66. The van der Waals surface area contributed by atoms with Crippen LogP contribution in [0.15, 0.2) is 152 Å². The molecule has 3 aliphatic rings. The zero-order valence-electron chi connectivity index (χ0n) is 38.8. The first kappa shape index (κ1) is 46.4. The Morgan fingerprint density at radius 1 is 0.761 bits per heavy atom. The van der Waals surface area contributed by atoms with Gasteiger partial charge in [0.2, 0.25) is 11.8 Å². The molecule has 4 heterocycles. The minimum Gasteiger partial charge on any atom is -0.497 e. The van der Waals surface area contributed by atoms with Crippen LogP contribution in [-0.2, 0) is 40.6 Å². The normalized spacial score (nSPS) is 21.2. The lowest BCUT2D eigenvalue weighted by atomic mass is 9.65. The lowest BCUT2D eigenvalue weighted by Crippen LogP contribution is -2.55. The molecule has 6 aromatic carbocycles. The van der Waals surface area contributed by atoms with Crippen molar-refractivity contribution in [3.63, 3.8) is 0 Å². The molecule has 2 fully saturated rings. The van der Waals surface area contributed by atoms with Crippen LogP contribution in [0.3, 0.4) is 0 Å². The molecule has 6 atom stereocenters. The molecule has 7 aromatic rings. The van der Waals surface area contributed by atoms with Gasteiger partial charge in [-0.25, -0.2) is 14.7 Å². The molecule has 3 aliphatic heterocycles. The molecular weight excluding hydrogens is 903 g/mol. The molecule has 0 unspecified atom stereocenters. The maximum Gasteiger partial charge on any atom is 0.421 e. The minimum absolute atomic E-state index is 0.0292. The second-order valence-corrected chi connectivity index (χ2v) is 17.3. The smallest absolute Gasteiger partial charge is 0.421 e. The number of aliphatic hydroxyl groups excluding tert-OH is 1. The quantitative estimate of drug-likeness (QED) is 0.0607. The van der Waals surface area contributed by atoms with Crippen molar-refractivity contribution in [1.29, 1.82) is 0 Å². The number of carbonyl (C=O) groups is 4. The summed E-state index contributed by atoms with van der Waals surface area (Å²) in [7, 11) is 3.05. The average Bonchev–Trinajstić information content (AvgIpc) is 4.06. The molecule has 15 nitrogen and oxygen atoms in total. The van der Waals surface area contributed by atoms with Gasteiger partial charge in [0, 0.05) is 18.2 Å². The van der Waals surface area contributed by atoms with Gasteiger partial charge in [-0.3, -0.25) is 19.3 Å². The number of ether oxygens (including phenoxy) is 5. The molecule has 71 heavy (non-hydrogen) atoms. The van der Waals surface area contributed by atoms with Crippen molar-refractivity contribution >= 4 is 40.6 Å². The number of methoxy groups -OCH3 is 2. The molecule has 10 rings (SSSR count). The second-order valence-electron chi connectivity index (χ2n) is 17.3. The van der Waals surface area contributed by atoms with Crippen LogP contribution in [0.1, 0.15) is 57.4 Å². The molecule has 0 bridgehead atoms. The number of amides is 3. The largest absolute Gasteiger partial charge is 0.497 e. The molecule has 2 saturated heterocycles. The van der Waals surface area contributed by atoms with Crippen LogP contribution in [0.25, 0.3) is 11.0 Å². The first-order chi connectivity index (χ1) is 34.7. The Hall–Kier alpha value is -8.29. The number of nitrogens with one attached hydrogen (secondary N) is 2. The summed E-state index contributed by atoms with van der Waals surface area (Å²) in [5.74, 6) is 4.21. The maximum atomic E-state index is 16.5. The van der Waals surface area contributed by atoms with Crippen molar-refractivity contribution in [3.05, 3.63) is 191 Å². The number of aliphatic hydroxyl groups is 1. The monoisotopic (exact) mass is 951 g/mol. The summed E-state index contributed by atoms with van der Waals surface area (Å²) < 4.78 is 28.7. The standard InChI is InChI=1S/C56H49N5O10/c1-67-31-32-70-55(66)60-45-28-21-36(18-17-35-19-24-40(68-2)25-20-35)33-42(45)56(54(60)65)47(52(63)57-34-46-58-43-15-9-10-16-44(43)59-46)49-53(64)71-50(38-13-7-4-8-14-38)48(37-11-5-3-6-12-37)61(49)51(56)39-22-26-41(27-23-39)69-30-29-62/h3-16,19-28,33,47-51,62H,29-32,34H2,1-2H3,(H,57,63)(H,58,59)/t47-,48-,49-,50+,51+,56-/m1/s1. The number of esters is 1. The summed E-state index contributed by atoms with van der Waals surface area (Å²) in [6, 6.07) is 42.2. The van der Waals surface area contributed by atoms with Gasteiger partial charge < -0.3 is 39.1 Å². The molecule has 0 aliphatic carbocycles. The Morgan fingerprint density at radius 2 is 1.44 bits per heavy atom. The number of aromatic amines is 1. The van der Waals surface area contributed by atoms with E-state index >= 15 is 14.4 Å².